The van der Waals surface area contributed by atoms with Gasteiger partial charge in [-0.05, 0) is 20.3 Å². The smallest absolute Gasteiger partial charge is 0.333 e. The molecule has 3 saturated heterocycles. The Labute approximate surface area is 98.7 Å². The number of carbonyl (C=O) groups is 2. The van der Waals surface area contributed by atoms with Gasteiger partial charge in [-0.25, -0.2) is 4.79 Å². The second-order valence-electron chi connectivity index (χ2n) is 5.14. The topological polar surface area (TPSA) is 61.8 Å². The maximum Gasteiger partial charge on any atom is 0.333 e. The lowest BCUT2D eigenvalue weighted by Crippen LogP contribution is -2.51. The number of ether oxygens (including phenoxy) is 3. The van der Waals surface area contributed by atoms with Crippen LogP contribution in [0, 0.1) is 5.92 Å². The SMILES string of the molecule is C=C(C)C(=O)OC1(C)C2CC3C(=O)OC1C3O2. The Balaban J connectivity index is 1.87. The molecule has 5 unspecified atom stereocenters. The van der Waals surface area contributed by atoms with Crippen molar-refractivity contribution in [2.24, 2.45) is 5.92 Å². The van der Waals surface area contributed by atoms with Crippen LogP contribution in [0.3, 0.4) is 0 Å². The summed E-state index contributed by atoms with van der Waals surface area (Å²) in [5.74, 6) is -0.887. The molecule has 0 aliphatic carbocycles. The highest BCUT2D eigenvalue weighted by Crippen LogP contribution is 2.53. The molecular formula is C12H14O5. The van der Waals surface area contributed by atoms with E-state index in [1.165, 1.54) is 0 Å². The zero-order chi connectivity index (χ0) is 12.4. The minimum Gasteiger partial charge on any atom is -0.455 e. The van der Waals surface area contributed by atoms with Gasteiger partial charge in [0, 0.05) is 5.57 Å². The van der Waals surface area contributed by atoms with Gasteiger partial charge in [0.15, 0.2) is 11.7 Å². The number of hydrogen-bond donors (Lipinski definition) is 0. The van der Waals surface area contributed by atoms with E-state index >= 15 is 0 Å². The molecule has 0 N–H and O–H groups in total. The van der Waals surface area contributed by atoms with E-state index < -0.39 is 17.7 Å². The number of carbonyl (C=O) groups excluding carboxylic acids is 2. The van der Waals surface area contributed by atoms with Crippen LogP contribution in [0.4, 0.5) is 0 Å². The van der Waals surface area contributed by atoms with Crippen LogP contribution in [0.15, 0.2) is 12.2 Å². The van der Waals surface area contributed by atoms with Crippen molar-refractivity contribution in [3.8, 4) is 0 Å². The van der Waals surface area contributed by atoms with E-state index in [0.29, 0.717) is 12.0 Å². The van der Waals surface area contributed by atoms with Crippen molar-refractivity contribution in [2.75, 3.05) is 0 Å². The van der Waals surface area contributed by atoms with Gasteiger partial charge in [0.1, 0.15) is 12.2 Å². The molecule has 0 spiro atoms. The fourth-order valence-electron chi connectivity index (χ4n) is 2.90. The van der Waals surface area contributed by atoms with Gasteiger partial charge in [0.2, 0.25) is 0 Å². The molecule has 3 aliphatic rings. The van der Waals surface area contributed by atoms with Crippen LogP contribution >= 0.6 is 0 Å². The summed E-state index contributed by atoms with van der Waals surface area (Å²) in [6.45, 7) is 6.89. The Morgan fingerprint density at radius 1 is 1.59 bits per heavy atom. The van der Waals surface area contributed by atoms with Crippen LogP contribution in [0.2, 0.25) is 0 Å². The Hall–Kier alpha value is -1.36. The zero-order valence-electron chi connectivity index (χ0n) is 9.76. The third kappa shape index (κ3) is 1.23. The highest BCUT2D eigenvalue weighted by Gasteiger charge is 2.71. The van der Waals surface area contributed by atoms with Crippen molar-refractivity contribution in [1.29, 1.82) is 0 Å². The van der Waals surface area contributed by atoms with E-state index in [0.717, 1.165) is 0 Å². The van der Waals surface area contributed by atoms with Gasteiger partial charge < -0.3 is 14.2 Å². The van der Waals surface area contributed by atoms with Crippen molar-refractivity contribution in [3.05, 3.63) is 12.2 Å². The first-order valence-electron chi connectivity index (χ1n) is 5.68. The van der Waals surface area contributed by atoms with Crippen molar-refractivity contribution < 1.29 is 23.8 Å². The Bertz CT molecular complexity index is 429. The summed E-state index contributed by atoms with van der Waals surface area (Å²) in [4.78, 5) is 23.2. The summed E-state index contributed by atoms with van der Waals surface area (Å²) >= 11 is 0. The third-order valence-electron chi connectivity index (χ3n) is 3.90. The average molecular weight is 238 g/mol. The molecule has 2 bridgehead atoms. The molecule has 3 fully saturated rings. The van der Waals surface area contributed by atoms with Crippen LogP contribution in [0.1, 0.15) is 20.3 Å². The van der Waals surface area contributed by atoms with E-state index in [9.17, 15) is 9.59 Å². The van der Waals surface area contributed by atoms with Crippen molar-refractivity contribution in [2.45, 2.75) is 44.2 Å². The minimum absolute atomic E-state index is 0.179. The molecule has 5 nitrogen and oxygen atoms in total. The predicted molar refractivity (Wildman–Crippen MR) is 56.0 cm³/mol. The maximum atomic E-state index is 11.6. The molecule has 0 amide bonds. The lowest BCUT2D eigenvalue weighted by atomic mass is 9.80. The molecule has 5 heteroatoms. The first kappa shape index (κ1) is 10.8. The normalized spacial score (nSPS) is 45.9. The van der Waals surface area contributed by atoms with Crippen LogP contribution < -0.4 is 0 Å². The van der Waals surface area contributed by atoms with Crippen LogP contribution in [-0.4, -0.2) is 35.9 Å². The van der Waals surface area contributed by atoms with Crippen molar-refractivity contribution >= 4 is 11.9 Å². The Morgan fingerprint density at radius 3 is 2.94 bits per heavy atom. The molecule has 3 heterocycles. The predicted octanol–water partition coefficient (Wildman–Crippen LogP) is 0.577. The van der Waals surface area contributed by atoms with Gasteiger partial charge in [-0.3, -0.25) is 4.79 Å². The second kappa shape index (κ2) is 3.10. The van der Waals surface area contributed by atoms with E-state index in [1.54, 1.807) is 13.8 Å². The first-order valence-corrected chi connectivity index (χ1v) is 5.68. The van der Waals surface area contributed by atoms with E-state index in [1.807, 2.05) is 0 Å². The van der Waals surface area contributed by atoms with E-state index in [2.05, 4.69) is 6.58 Å². The molecule has 0 aromatic rings. The number of rotatable bonds is 2. The van der Waals surface area contributed by atoms with Crippen molar-refractivity contribution in [1.82, 2.24) is 0 Å². The standard InChI is InChI=1S/C12H14O5/c1-5(2)10(13)17-12(3)7-4-6-8(15-7)9(12)16-11(6)14/h6-9H,1,4H2,2-3H3. The van der Waals surface area contributed by atoms with Gasteiger partial charge in [-0.2, -0.15) is 0 Å². The zero-order valence-corrected chi connectivity index (χ0v) is 9.76. The van der Waals surface area contributed by atoms with Gasteiger partial charge in [-0.1, -0.05) is 6.58 Å². The molecule has 5 atom stereocenters. The monoisotopic (exact) mass is 238 g/mol. The highest BCUT2D eigenvalue weighted by atomic mass is 16.7. The fourth-order valence-corrected chi connectivity index (χ4v) is 2.90. The van der Waals surface area contributed by atoms with E-state index in [-0.39, 0.29) is 24.1 Å². The number of fused-ring (bicyclic) bond motifs is 1. The summed E-state index contributed by atoms with van der Waals surface area (Å²) in [6.07, 6.45) is -0.408. The molecular weight excluding hydrogens is 224 g/mol. The lowest BCUT2D eigenvalue weighted by Gasteiger charge is -2.33. The van der Waals surface area contributed by atoms with Gasteiger partial charge in [0.05, 0.1) is 5.92 Å². The number of esters is 2. The Morgan fingerprint density at radius 2 is 2.29 bits per heavy atom. The minimum atomic E-state index is -0.872. The second-order valence-corrected chi connectivity index (χ2v) is 5.14. The van der Waals surface area contributed by atoms with E-state index in [4.69, 9.17) is 14.2 Å². The molecule has 92 valence electrons. The van der Waals surface area contributed by atoms with Gasteiger partial charge in [-0.15, -0.1) is 0 Å². The summed E-state index contributed by atoms with van der Waals surface area (Å²) in [5, 5.41) is 0. The summed E-state index contributed by atoms with van der Waals surface area (Å²) in [7, 11) is 0. The molecule has 0 radical (unpaired) electrons. The summed E-state index contributed by atoms with van der Waals surface area (Å²) in [5.41, 5.74) is -0.543. The van der Waals surface area contributed by atoms with Gasteiger partial charge >= 0.3 is 11.9 Å². The first-order chi connectivity index (χ1) is 7.93. The van der Waals surface area contributed by atoms with Crippen LogP contribution in [0.25, 0.3) is 0 Å². The molecule has 0 saturated carbocycles. The molecule has 3 aliphatic heterocycles. The molecule has 0 aromatic heterocycles. The summed E-state index contributed by atoms with van der Waals surface area (Å²) in [6, 6.07) is 0. The van der Waals surface area contributed by atoms with Crippen molar-refractivity contribution in [3.63, 3.8) is 0 Å². The summed E-state index contributed by atoms with van der Waals surface area (Å²) < 4.78 is 16.4. The fraction of sp³-hybridized carbons (Fsp3) is 0.667. The third-order valence-corrected chi connectivity index (χ3v) is 3.90. The lowest BCUT2D eigenvalue weighted by molar-refractivity contribution is -0.172. The molecule has 0 aromatic carbocycles. The van der Waals surface area contributed by atoms with Gasteiger partial charge in [0.25, 0.3) is 0 Å². The van der Waals surface area contributed by atoms with Crippen LogP contribution in [-0.2, 0) is 23.8 Å². The Kier molecular flexibility index (Phi) is 1.96. The average Bonchev–Trinajstić information content (AvgIpc) is 2.83. The quantitative estimate of drug-likeness (QED) is 0.520. The maximum absolute atomic E-state index is 11.6. The number of hydrogen-bond acceptors (Lipinski definition) is 5. The molecule has 3 rings (SSSR count). The largest absolute Gasteiger partial charge is 0.455 e. The van der Waals surface area contributed by atoms with Crippen LogP contribution in [0.5, 0.6) is 0 Å². The highest BCUT2D eigenvalue weighted by molar-refractivity contribution is 5.87. The molecule has 17 heavy (non-hydrogen) atoms.